The Kier molecular flexibility index (Phi) is 7.06. The Morgan fingerprint density at radius 1 is 1.25 bits per heavy atom. The van der Waals surface area contributed by atoms with Crippen molar-refractivity contribution < 1.29 is 14.3 Å². The Morgan fingerprint density at radius 3 is 2.67 bits per heavy atom. The first kappa shape index (κ1) is 18.3. The van der Waals surface area contributed by atoms with Crippen LogP contribution in [0.1, 0.15) is 43.0 Å². The smallest absolute Gasteiger partial charge is 0.253 e. The van der Waals surface area contributed by atoms with Crippen LogP contribution in [0.5, 0.6) is 0 Å². The zero-order valence-electron chi connectivity index (χ0n) is 14.6. The maximum Gasteiger partial charge on any atom is 0.253 e. The minimum atomic E-state index is -0.111. The predicted octanol–water partition coefficient (Wildman–Crippen LogP) is 2.40. The molecule has 0 radical (unpaired) electrons. The fraction of sp³-hybridized carbons (Fsp3) is 0.556. The topological polar surface area (TPSA) is 70.7 Å². The van der Waals surface area contributed by atoms with Crippen molar-refractivity contribution in [3.05, 3.63) is 23.8 Å². The maximum atomic E-state index is 12.6. The Bertz CT molecular complexity index is 569. The molecule has 6 heteroatoms. The summed E-state index contributed by atoms with van der Waals surface area (Å²) in [4.78, 5) is 26.4. The van der Waals surface area contributed by atoms with Gasteiger partial charge < -0.3 is 20.3 Å². The Morgan fingerprint density at radius 2 is 2.00 bits per heavy atom. The number of rotatable bonds is 8. The van der Waals surface area contributed by atoms with Crippen molar-refractivity contribution in [2.24, 2.45) is 0 Å². The summed E-state index contributed by atoms with van der Waals surface area (Å²) in [5, 5.41) is 5.76. The molecule has 0 bridgehead atoms. The lowest BCUT2D eigenvalue weighted by Crippen LogP contribution is -2.28. The number of carbonyl (C=O) groups excluding carboxylic acids is 2. The van der Waals surface area contributed by atoms with E-state index >= 15 is 0 Å². The molecule has 132 valence electrons. The number of nitrogens with one attached hydrogen (secondary N) is 2. The molecule has 0 atom stereocenters. The van der Waals surface area contributed by atoms with Gasteiger partial charge in [-0.15, -0.1) is 0 Å². The Hall–Kier alpha value is -2.08. The highest BCUT2D eigenvalue weighted by Gasteiger charge is 2.20. The van der Waals surface area contributed by atoms with Gasteiger partial charge in [0.05, 0.1) is 5.56 Å². The summed E-state index contributed by atoms with van der Waals surface area (Å²) in [5.41, 5.74) is 2.21. The molecule has 2 amide bonds. The third-order valence-electron chi connectivity index (χ3n) is 4.10. The third-order valence-corrected chi connectivity index (χ3v) is 4.10. The second kappa shape index (κ2) is 9.27. The minimum absolute atomic E-state index is 0.0598. The first-order chi connectivity index (χ1) is 11.7. The van der Waals surface area contributed by atoms with Crippen molar-refractivity contribution in [2.75, 3.05) is 43.6 Å². The average molecular weight is 333 g/mol. The zero-order valence-corrected chi connectivity index (χ0v) is 14.6. The van der Waals surface area contributed by atoms with Gasteiger partial charge in [-0.05, 0) is 37.5 Å². The number of benzene rings is 1. The molecule has 1 aromatic rings. The van der Waals surface area contributed by atoms with E-state index in [1.165, 1.54) is 0 Å². The molecule has 6 nitrogen and oxygen atoms in total. The van der Waals surface area contributed by atoms with Crippen molar-refractivity contribution in [2.45, 2.75) is 32.6 Å². The monoisotopic (exact) mass is 333 g/mol. The highest BCUT2D eigenvalue weighted by atomic mass is 16.5. The number of carbonyl (C=O) groups is 2. The van der Waals surface area contributed by atoms with Crippen LogP contribution in [-0.2, 0) is 9.53 Å². The molecule has 0 unspecified atom stereocenters. The molecule has 0 saturated carbocycles. The van der Waals surface area contributed by atoms with Gasteiger partial charge in [0.2, 0.25) is 5.91 Å². The van der Waals surface area contributed by atoms with Gasteiger partial charge in [-0.25, -0.2) is 0 Å². The maximum absolute atomic E-state index is 12.6. The first-order valence-electron chi connectivity index (χ1n) is 8.61. The lowest BCUT2D eigenvalue weighted by Gasteiger charge is -2.22. The summed E-state index contributed by atoms with van der Waals surface area (Å²) in [7, 11) is 1.65. The molecule has 0 aromatic heterocycles. The van der Waals surface area contributed by atoms with Gasteiger partial charge in [-0.2, -0.15) is 0 Å². The highest BCUT2D eigenvalue weighted by Crippen LogP contribution is 2.27. The predicted molar refractivity (Wildman–Crippen MR) is 95.6 cm³/mol. The second-order valence-electron chi connectivity index (χ2n) is 5.93. The Labute approximate surface area is 143 Å². The van der Waals surface area contributed by atoms with Gasteiger partial charge in [-0.1, -0.05) is 6.92 Å². The van der Waals surface area contributed by atoms with E-state index in [1.54, 1.807) is 20.1 Å². The van der Waals surface area contributed by atoms with Gasteiger partial charge in [0, 0.05) is 51.1 Å². The van der Waals surface area contributed by atoms with Crippen LogP contribution in [0.4, 0.5) is 11.4 Å². The standard InChI is InChI=1S/C18H27N3O3/c1-3-17(22)20-14-7-8-16(21-10-4-5-11-21)15(13-14)18(23)19-9-6-12-24-2/h7-8,13H,3-6,9-12H2,1-2H3,(H,19,23)(H,20,22). The van der Waals surface area contributed by atoms with Crippen molar-refractivity contribution in [3.8, 4) is 0 Å². The van der Waals surface area contributed by atoms with Crippen LogP contribution in [-0.4, -0.2) is 45.2 Å². The molecule has 24 heavy (non-hydrogen) atoms. The third kappa shape index (κ3) is 4.96. The van der Waals surface area contributed by atoms with E-state index < -0.39 is 0 Å². The summed E-state index contributed by atoms with van der Waals surface area (Å²) in [6.45, 7) is 4.91. The van der Waals surface area contributed by atoms with Crippen LogP contribution < -0.4 is 15.5 Å². The van der Waals surface area contributed by atoms with E-state index in [9.17, 15) is 9.59 Å². The van der Waals surface area contributed by atoms with E-state index in [0.29, 0.717) is 30.8 Å². The zero-order chi connectivity index (χ0) is 17.4. The molecule has 1 aliphatic rings. The quantitative estimate of drug-likeness (QED) is 0.717. The van der Waals surface area contributed by atoms with E-state index in [-0.39, 0.29) is 11.8 Å². The van der Waals surface area contributed by atoms with Crippen LogP contribution >= 0.6 is 0 Å². The molecule has 1 saturated heterocycles. The summed E-state index contributed by atoms with van der Waals surface area (Å²) in [5.74, 6) is -0.170. The van der Waals surface area contributed by atoms with Crippen molar-refractivity contribution in [3.63, 3.8) is 0 Å². The van der Waals surface area contributed by atoms with E-state index in [2.05, 4.69) is 15.5 Å². The van der Waals surface area contributed by atoms with Gasteiger partial charge in [0.25, 0.3) is 5.91 Å². The highest BCUT2D eigenvalue weighted by molar-refractivity contribution is 6.02. The molecule has 1 heterocycles. The number of anilines is 2. The summed E-state index contributed by atoms with van der Waals surface area (Å²) < 4.78 is 5.00. The fourth-order valence-corrected chi connectivity index (χ4v) is 2.79. The van der Waals surface area contributed by atoms with Crippen LogP contribution in [0.2, 0.25) is 0 Å². The van der Waals surface area contributed by atoms with E-state index in [4.69, 9.17) is 4.74 Å². The first-order valence-corrected chi connectivity index (χ1v) is 8.61. The van der Waals surface area contributed by atoms with Gasteiger partial charge in [0.1, 0.15) is 0 Å². The molecule has 0 spiro atoms. The van der Waals surface area contributed by atoms with E-state index in [0.717, 1.165) is 38.0 Å². The number of nitrogens with zero attached hydrogens (tertiary/aromatic N) is 1. The van der Waals surface area contributed by atoms with Crippen molar-refractivity contribution in [1.82, 2.24) is 5.32 Å². The lowest BCUT2D eigenvalue weighted by molar-refractivity contribution is -0.115. The second-order valence-corrected chi connectivity index (χ2v) is 5.93. The molecule has 1 aromatic carbocycles. The lowest BCUT2D eigenvalue weighted by atomic mass is 10.1. The van der Waals surface area contributed by atoms with Crippen LogP contribution in [0.25, 0.3) is 0 Å². The normalized spacial score (nSPS) is 13.8. The van der Waals surface area contributed by atoms with Crippen molar-refractivity contribution in [1.29, 1.82) is 0 Å². The summed E-state index contributed by atoms with van der Waals surface area (Å²) in [6, 6.07) is 5.57. The fourth-order valence-electron chi connectivity index (χ4n) is 2.79. The van der Waals surface area contributed by atoms with Crippen LogP contribution in [0, 0.1) is 0 Å². The number of ether oxygens (including phenoxy) is 1. The minimum Gasteiger partial charge on any atom is -0.385 e. The average Bonchev–Trinajstić information content (AvgIpc) is 3.12. The molecular weight excluding hydrogens is 306 g/mol. The molecular formula is C18H27N3O3. The number of amides is 2. The number of hydrogen-bond acceptors (Lipinski definition) is 4. The Balaban J connectivity index is 2.17. The molecule has 2 N–H and O–H groups in total. The molecule has 0 aliphatic carbocycles. The van der Waals surface area contributed by atoms with Crippen molar-refractivity contribution >= 4 is 23.2 Å². The molecule has 1 aliphatic heterocycles. The SMILES string of the molecule is CCC(=O)Nc1ccc(N2CCCC2)c(C(=O)NCCCOC)c1. The molecule has 2 rings (SSSR count). The van der Waals surface area contributed by atoms with Crippen LogP contribution in [0.15, 0.2) is 18.2 Å². The van der Waals surface area contributed by atoms with Crippen LogP contribution in [0.3, 0.4) is 0 Å². The summed E-state index contributed by atoms with van der Waals surface area (Å²) >= 11 is 0. The van der Waals surface area contributed by atoms with E-state index in [1.807, 2.05) is 12.1 Å². The number of hydrogen-bond donors (Lipinski definition) is 2. The van der Waals surface area contributed by atoms with Gasteiger partial charge in [-0.3, -0.25) is 9.59 Å². The largest absolute Gasteiger partial charge is 0.385 e. The van der Waals surface area contributed by atoms with Gasteiger partial charge in [0.15, 0.2) is 0 Å². The molecule has 1 fully saturated rings. The summed E-state index contributed by atoms with van der Waals surface area (Å²) in [6.07, 6.45) is 3.46. The number of methoxy groups -OCH3 is 1. The van der Waals surface area contributed by atoms with Gasteiger partial charge >= 0.3 is 0 Å².